The number of aromatic carboxylic acids is 1. The molecule has 5 nitrogen and oxygen atoms in total. The predicted molar refractivity (Wildman–Crippen MR) is 48.6 cm³/mol. The summed E-state index contributed by atoms with van der Waals surface area (Å²) in [6, 6.07) is 5.21. The molecular formula is C7H7NO4Sr. The van der Waals surface area contributed by atoms with Gasteiger partial charge in [0.1, 0.15) is 5.56 Å². The fraction of sp³-hybridized carbons (Fsp3) is 0. The molecule has 0 aliphatic heterocycles. The molecular weight excluding hydrogens is 250 g/mol. The number of benzene rings is 1. The second-order valence-corrected chi connectivity index (χ2v) is 2.08. The number of para-hydroxylation sites is 1. The van der Waals surface area contributed by atoms with Crippen LogP contribution < -0.4 is 0 Å². The van der Waals surface area contributed by atoms with Gasteiger partial charge in [-0.05, 0) is 6.07 Å². The average Bonchev–Trinajstić information content (AvgIpc) is 2.04. The summed E-state index contributed by atoms with van der Waals surface area (Å²) < 4.78 is 0. The van der Waals surface area contributed by atoms with Crippen molar-refractivity contribution in [3.63, 3.8) is 0 Å². The van der Waals surface area contributed by atoms with Crippen LogP contribution in [-0.2, 0) is 0 Å². The van der Waals surface area contributed by atoms with E-state index in [0.717, 1.165) is 6.07 Å². The molecule has 0 aromatic heterocycles. The SMILES string of the molecule is O=C(O)c1ccccc1[N+](=O)[O-].[SrH2]. The molecule has 66 valence electrons. The van der Waals surface area contributed by atoms with Crippen molar-refractivity contribution in [2.24, 2.45) is 0 Å². The maximum absolute atomic E-state index is 10.4. The van der Waals surface area contributed by atoms with Crippen molar-refractivity contribution in [2.75, 3.05) is 0 Å². The van der Waals surface area contributed by atoms with Gasteiger partial charge in [0.2, 0.25) is 0 Å². The Bertz CT molecular complexity index is 306. The topological polar surface area (TPSA) is 80.4 Å². The molecule has 0 heterocycles. The van der Waals surface area contributed by atoms with Gasteiger partial charge in [-0.3, -0.25) is 10.1 Å². The Morgan fingerprint density at radius 2 is 1.92 bits per heavy atom. The summed E-state index contributed by atoms with van der Waals surface area (Å²) in [7, 11) is 0. The first-order valence-electron chi connectivity index (χ1n) is 3.09. The van der Waals surface area contributed by atoms with E-state index in [9.17, 15) is 14.9 Å². The van der Waals surface area contributed by atoms with Crippen molar-refractivity contribution in [1.82, 2.24) is 0 Å². The molecule has 0 bridgehead atoms. The Morgan fingerprint density at radius 3 is 2.31 bits per heavy atom. The summed E-state index contributed by atoms with van der Waals surface area (Å²) in [6.07, 6.45) is 0. The van der Waals surface area contributed by atoms with Crippen molar-refractivity contribution in [2.45, 2.75) is 0 Å². The number of nitro groups is 1. The maximum atomic E-state index is 10.4. The summed E-state index contributed by atoms with van der Waals surface area (Å²) in [5, 5.41) is 18.8. The Labute approximate surface area is 111 Å². The summed E-state index contributed by atoms with van der Waals surface area (Å²) in [5.41, 5.74) is -0.674. The molecule has 0 spiro atoms. The molecule has 0 saturated heterocycles. The quantitative estimate of drug-likeness (QED) is 0.471. The number of nitrogens with zero attached hydrogens (tertiary/aromatic N) is 1. The minimum atomic E-state index is -1.29. The first kappa shape index (κ1) is 12.6. The van der Waals surface area contributed by atoms with Gasteiger partial charge in [0, 0.05) is 6.07 Å². The van der Waals surface area contributed by atoms with Crippen LogP contribution in [0.1, 0.15) is 10.4 Å². The van der Waals surface area contributed by atoms with E-state index >= 15 is 0 Å². The summed E-state index contributed by atoms with van der Waals surface area (Å²) in [6.45, 7) is 0. The number of nitro benzene ring substituents is 1. The number of carbonyl (C=O) groups is 1. The van der Waals surface area contributed by atoms with Crippen LogP contribution in [0.4, 0.5) is 5.69 Å². The molecule has 0 saturated carbocycles. The van der Waals surface area contributed by atoms with Gasteiger partial charge in [0.25, 0.3) is 5.69 Å². The van der Waals surface area contributed by atoms with Crippen molar-refractivity contribution in [3.05, 3.63) is 39.9 Å². The molecule has 0 aliphatic rings. The molecule has 0 fully saturated rings. The number of hydrogen-bond donors (Lipinski definition) is 1. The van der Waals surface area contributed by atoms with E-state index in [2.05, 4.69) is 0 Å². The first-order valence-corrected chi connectivity index (χ1v) is 3.09. The number of carboxylic acid groups (broad SMARTS) is 1. The standard InChI is InChI=1S/C7H5NO4.Sr.2H/c9-7(10)5-3-1-2-4-6(5)8(11)12;;;/h1-4H,(H,9,10);;;. The molecule has 1 N–H and O–H groups in total. The van der Waals surface area contributed by atoms with E-state index < -0.39 is 10.9 Å². The monoisotopic (exact) mass is 257 g/mol. The zero-order chi connectivity index (χ0) is 9.14. The third-order valence-electron chi connectivity index (χ3n) is 1.33. The van der Waals surface area contributed by atoms with Gasteiger partial charge in [0.15, 0.2) is 0 Å². The van der Waals surface area contributed by atoms with Crippen molar-refractivity contribution in [1.29, 1.82) is 0 Å². The second-order valence-electron chi connectivity index (χ2n) is 2.08. The van der Waals surface area contributed by atoms with Crippen LogP contribution in [0.3, 0.4) is 0 Å². The molecule has 0 atom stereocenters. The fourth-order valence-corrected chi connectivity index (χ4v) is 0.814. The average molecular weight is 257 g/mol. The summed E-state index contributed by atoms with van der Waals surface area (Å²) in [4.78, 5) is 20.0. The number of hydrogen-bond acceptors (Lipinski definition) is 3. The molecule has 0 aliphatic carbocycles. The van der Waals surface area contributed by atoms with Crippen molar-refractivity contribution >= 4 is 57.1 Å². The van der Waals surface area contributed by atoms with E-state index in [4.69, 9.17) is 5.11 Å². The van der Waals surface area contributed by atoms with E-state index in [-0.39, 0.29) is 56.7 Å². The van der Waals surface area contributed by atoms with E-state index in [1.54, 1.807) is 0 Å². The zero-order valence-corrected chi connectivity index (χ0v) is 5.93. The van der Waals surface area contributed by atoms with Crippen molar-refractivity contribution < 1.29 is 14.8 Å². The zero-order valence-electron chi connectivity index (χ0n) is 5.93. The Kier molecular flexibility index (Phi) is 5.16. The third-order valence-corrected chi connectivity index (χ3v) is 1.33. The third kappa shape index (κ3) is 3.07. The van der Waals surface area contributed by atoms with Gasteiger partial charge < -0.3 is 5.11 Å². The van der Waals surface area contributed by atoms with Gasteiger partial charge in [-0.15, -0.1) is 0 Å². The summed E-state index contributed by atoms with van der Waals surface area (Å²) >= 11 is 0. The van der Waals surface area contributed by atoms with Gasteiger partial charge in [-0.2, -0.15) is 0 Å². The van der Waals surface area contributed by atoms with Crippen LogP contribution in [0.15, 0.2) is 24.3 Å². The van der Waals surface area contributed by atoms with Gasteiger partial charge in [-0.1, -0.05) is 12.1 Å². The van der Waals surface area contributed by atoms with E-state index in [1.807, 2.05) is 0 Å². The molecule has 13 heavy (non-hydrogen) atoms. The number of carboxylic acids is 1. The number of rotatable bonds is 2. The normalized spacial score (nSPS) is 8.62. The van der Waals surface area contributed by atoms with Crippen LogP contribution in [0.25, 0.3) is 0 Å². The van der Waals surface area contributed by atoms with Crippen LogP contribution in [0.5, 0.6) is 0 Å². The summed E-state index contributed by atoms with van der Waals surface area (Å²) in [5.74, 6) is -1.29. The van der Waals surface area contributed by atoms with E-state index in [1.165, 1.54) is 18.2 Å². The molecule has 0 amide bonds. The van der Waals surface area contributed by atoms with Crippen LogP contribution in [-0.4, -0.2) is 61.5 Å². The fourth-order valence-electron chi connectivity index (χ4n) is 0.814. The van der Waals surface area contributed by atoms with Crippen LogP contribution in [0, 0.1) is 10.1 Å². The second kappa shape index (κ2) is 5.33. The molecule has 1 aromatic rings. The van der Waals surface area contributed by atoms with Gasteiger partial charge >= 0.3 is 51.5 Å². The predicted octanol–water partition coefficient (Wildman–Crippen LogP) is 0.377. The molecule has 1 aromatic carbocycles. The Hall–Kier alpha value is -0.429. The van der Waals surface area contributed by atoms with Crippen LogP contribution in [0.2, 0.25) is 0 Å². The minimum absolute atomic E-state index is 0. The van der Waals surface area contributed by atoms with Crippen molar-refractivity contribution in [3.8, 4) is 0 Å². The van der Waals surface area contributed by atoms with Gasteiger partial charge in [0.05, 0.1) is 4.92 Å². The molecule has 0 unspecified atom stereocenters. The van der Waals surface area contributed by atoms with Crippen LogP contribution >= 0.6 is 0 Å². The molecule has 0 radical (unpaired) electrons. The van der Waals surface area contributed by atoms with E-state index in [0.29, 0.717) is 0 Å². The van der Waals surface area contributed by atoms with Gasteiger partial charge in [-0.25, -0.2) is 4.79 Å². The Balaban J connectivity index is 0.00000144. The Morgan fingerprint density at radius 1 is 1.38 bits per heavy atom. The first-order chi connectivity index (χ1) is 5.63. The molecule has 1 rings (SSSR count). The molecule has 6 heteroatoms.